The molecule has 0 saturated heterocycles. The Labute approximate surface area is 308 Å². The van der Waals surface area contributed by atoms with Gasteiger partial charge in [-0.3, -0.25) is 4.57 Å². The highest BCUT2D eigenvalue weighted by atomic mass is 15.1. The van der Waals surface area contributed by atoms with E-state index in [0.717, 1.165) is 33.8 Å². The van der Waals surface area contributed by atoms with Gasteiger partial charge in [0.05, 0.1) is 33.4 Å². The van der Waals surface area contributed by atoms with Crippen LogP contribution in [0.2, 0.25) is 0 Å². The van der Waals surface area contributed by atoms with Gasteiger partial charge < -0.3 is 4.57 Å². The average molecular weight is 678 g/mol. The van der Waals surface area contributed by atoms with Gasteiger partial charge in [0.2, 0.25) is 0 Å². The van der Waals surface area contributed by atoms with Crippen LogP contribution in [0.4, 0.5) is 0 Å². The lowest BCUT2D eigenvalue weighted by Gasteiger charge is -2.20. The Kier molecular flexibility index (Phi) is 7.36. The van der Waals surface area contributed by atoms with Crippen LogP contribution in [0.15, 0.2) is 194 Å². The Hall–Kier alpha value is -6.97. The van der Waals surface area contributed by atoms with E-state index in [9.17, 15) is 0 Å². The number of benzene rings is 8. The molecule has 0 bridgehead atoms. The second kappa shape index (κ2) is 12.7. The summed E-state index contributed by atoms with van der Waals surface area (Å²) < 4.78 is 4.71. The molecule has 53 heavy (non-hydrogen) atoms. The molecule has 0 atom stereocenters. The van der Waals surface area contributed by atoms with E-state index < -0.39 is 0 Å². The molecule has 2 aromatic heterocycles. The zero-order valence-corrected chi connectivity index (χ0v) is 29.3. The minimum absolute atomic E-state index is 0.965. The highest BCUT2D eigenvalue weighted by Crippen LogP contribution is 2.44. The minimum Gasteiger partial charge on any atom is -0.309 e. The molecule has 250 valence electrons. The number of rotatable bonds is 6. The lowest BCUT2D eigenvalue weighted by atomic mass is 9.86. The van der Waals surface area contributed by atoms with E-state index in [1.54, 1.807) is 0 Å². The number of fused-ring (bicyclic) bond motifs is 4. The summed E-state index contributed by atoms with van der Waals surface area (Å²) in [6, 6.07) is 69.9. The summed E-state index contributed by atoms with van der Waals surface area (Å²) in [4.78, 5) is 4.92. The highest BCUT2D eigenvalue weighted by molar-refractivity contribution is 6.10. The van der Waals surface area contributed by atoms with Crippen molar-refractivity contribution in [1.82, 2.24) is 14.1 Å². The summed E-state index contributed by atoms with van der Waals surface area (Å²) >= 11 is 0. The van der Waals surface area contributed by atoms with Crippen LogP contribution in [0.1, 0.15) is 5.82 Å². The van der Waals surface area contributed by atoms with Crippen LogP contribution in [-0.4, -0.2) is 14.1 Å². The SMILES string of the molecule is Cc1nc2ccccc2n1-c1ccccc1-c1ccccc1-c1ccccc1-c1ccccc1-c1ccccc1-n1c2ccccc2c2ccccc21. The molecule has 10 rings (SSSR count). The Morgan fingerprint density at radius 3 is 1.09 bits per heavy atom. The smallest absolute Gasteiger partial charge is 0.111 e. The number of aryl methyl sites for hydroxylation is 1. The van der Waals surface area contributed by atoms with Crippen LogP contribution >= 0.6 is 0 Å². The molecule has 10 aromatic rings. The monoisotopic (exact) mass is 677 g/mol. The van der Waals surface area contributed by atoms with Crippen LogP contribution in [0.25, 0.3) is 88.7 Å². The second-order valence-electron chi connectivity index (χ2n) is 13.5. The number of hydrogen-bond acceptors (Lipinski definition) is 1. The first-order valence-electron chi connectivity index (χ1n) is 18.2. The van der Waals surface area contributed by atoms with Gasteiger partial charge in [-0.05, 0) is 76.7 Å². The Morgan fingerprint density at radius 1 is 0.302 bits per heavy atom. The van der Waals surface area contributed by atoms with Gasteiger partial charge in [-0.2, -0.15) is 0 Å². The molecule has 8 aromatic carbocycles. The summed E-state index contributed by atoms with van der Waals surface area (Å²) in [6.45, 7) is 2.09. The predicted molar refractivity (Wildman–Crippen MR) is 222 cm³/mol. The molecule has 0 amide bonds. The van der Waals surface area contributed by atoms with Crippen molar-refractivity contribution in [2.75, 3.05) is 0 Å². The van der Waals surface area contributed by atoms with Crippen molar-refractivity contribution in [3.05, 3.63) is 200 Å². The summed E-state index contributed by atoms with van der Waals surface area (Å²) in [6.07, 6.45) is 0. The zero-order chi connectivity index (χ0) is 35.3. The number of aromatic nitrogens is 3. The Bertz CT molecular complexity index is 2920. The normalized spacial score (nSPS) is 11.5. The number of nitrogens with zero attached hydrogens (tertiary/aromatic N) is 3. The number of hydrogen-bond donors (Lipinski definition) is 0. The van der Waals surface area contributed by atoms with Gasteiger partial charge in [-0.15, -0.1) is 0 Å². The zero-order valence-electron chi connectivity index (χ0n) is 29.3. The van der Waals surface area contributed by atoms with Crippen LogP contribution in [0, 0.1) is 6.92 Å². The lowest BCUT2D eigenvalue weighted by Crippen LogP contribution is -2.00. The number of para-hydroxylation sites is 6. The first kappa shape index (κ1) is 30.8. The van der Waals surface area contributed by atoms with Crippen LogP contribution < -0.4 is 0 Å². The molecular formula is C50H35N3. The highest BCUT2D eigenvalue weighted by Gasteiger charge is 2.21. The number of imidazole rings is 1. The molecular weight excluding hydrogens is 643 g/mol. The van der Waals surface area contributed by atoms with E-state index >= 15 is 0 Å². The summed E-state index contributed by atoms with van der Waals surface area (Å²) in [7, 11) is 0. The molecule has 0 aliphatic rings. The maximum absolute atomic E-state index is 4.92. The first-order valence-corrected chi connectivity index (χ1v) is 18.2. The quantitative estimate of drug-likeness (QED) is 0.172. The predicted octanol–water partition coefficient (Wildman–Crippen LogP) is 13.1. The van der Waals surface area contributed by atoms with Gasteiger partial charge in [0.25, 0.3) is 0 Å². The van der Waals surface area contributed by atoms with E-state index in [-0.39, 0.29) is 0 Å². The molecule has 0 radical (unpaired) electrons. The molecule has 0 fully saturated rings. The van der Waals surface area contributed by atoms with E-state index in [2.05, 4.69) is 210 Å². The van der Waals surface area contributed by atoms with Gasteiger partial charge in [0.1, 0.15) is 5.82 Å². The van der Waals surface area contributed by atoms with Gasteiger partial charge in [-0.25, -0.2) is 4.98 Å². The van der Waals surface area contributed by atoms with Gasteiger partial charge >= 0.3 is 0 Å². The van der Waals surface area contributed by atoms with Gasteiger partial charge in [0, 0.05) is 21.9 Å². The fourth-order valence-corrected chi connectivity index (χ4v) is 8.28. The third-order valence-corrected chi connectivity index (χ3v) is 10.5. The van der Waals surface area contributed by atoms with E-state index in [0.29, 0.717) is 0 Å². The summed E-state index contributed by atoms with van der Waals surface area (Å²) in [5.41, 5.74) is 16.2. The van der Waals surface area contributed by atoms with Crippen molar-refractivity contribution in [2.45, 2.75) is 6.92 Å². The van der Waals surface area contributed by atoms with Crippen LogP contribution in [-0.2, 0) is 0 Å². The fraction of sp³-hybridized carbons (Fsp3) is 0.0200. The summed E-state index contributed by atoms with van der Waals surface area (Å²) in [5, 5.41) is 2.51. The standard InChI is InChI=1S/C50H35N3/c1-34-51-45-28-12-17-33-50(45)52(34)46-29-13-8-24-41(46)39-22-6-4-20-37(39)35-18-2-3-19-36(35)38-21-5-7-23-40(38)42-25-9-14-30-47(42)53-48-31-15-10-26-43(48)44-27-11-16-32-49(44)53/h2-33H,1H3. The van der Waals surface area contributed by atoms with Crippen molar-refractivity contribution in [1.29, 1.82) is 0 Å². The first-order chi connectivity index (χ1) is 26.3. The molecule has 0 N–H and O–H groups in total. The van der Waals surface area contributed by atoms with Crippen LogP contribution in [0.5, 0.6) is 0 Å². The molecule has 3 heteroatoms. The third kappa shape index (κ3) is 5.01. The molecule has 2 heterocycles. The maximum atomic E-state index is 4.92. The van der Waals surface area contributed by atoms with Crippen molar-refractivity contribution in [2.24, 2.45) is 0 Å². The lowest BCUT2D eigenvalue weighted by molar-refractivity contribution is 1.00. The Balaban J connectivity index is 1.17. The molecule has 0 aliphatic carbocycles. The van der Waals surface area contributed by atoms with Crippen LogP contribution in [0.3, 0.4) is 0 Å². The molecule has 0 unspecified atom stereocenters. The topological polar surface area (TPSA) is 22.8 Å². The van der Waals surface area contributed by atoms with Crippen molar-refractivity contribution in [3.63, 3.8) is 0 Å². The maximum Gasteiger partial charge on any atom is 0.111 e. The van der Waals surface area contributed by atoms with E-state index in [4.69, 9.17) is 4.98 Å². The molecule has 0 spiro atoms. The average Bonchev–Trinajstić information content (AvgIpc) is 3.75. The largest absolute Gasteiger partial charge is 0.309 e. The fourth-order valence-electron chi connectivity index (χ4n) is 8.28. The van der Waals surface area contributed by atoms with Gasteiger partial charge in [-0.1, -0.05) is 158 Å². The third-order valence-electron chi connectivity index (χ3n) is 10.5. The summed E-state index contributed by atoms with van der Waals surface area (Å²) in [5.74, 6) is 0.965. The Morgan fingerprint density at radius 2 is 0.623 bits per heavy atom. The molecule has 0 saturated carbocycles. The molecule has 3 nitrogen and oxygen atoms in total. The van der Waals surface area contributed by atoms with Crippen molar-refractivity contribution < 1.29 is 0 Å². The van der Waals surface area contributed by atoms with Gasteiger partial charge in [0.15, 0.2) is 0 Å². The van der Waals surface area contributed by atoms with Crippen molar-refractivity contribution >= 4 is 32.8 Å². The minimum atomic E-state index is 0.965. The van der Waals surface area contributed by atoms with Crippen molar-refractivity contribution in [3.8, 4) is 55.9 Å². The molecule has 0 aliphatic heterocycles. The second-order valence-corrected chi connectivity index (χ2v) is 13.5. The van der Waals surface area contributed by atoms with E-state index in [1.165, 1.54) is 60.8 Å². The van der Waals surface area contributed by atoms with E-state index in [1.807, 2.05) is 0 Å².